The maximum atomic E-state index is 12.4. The van der Waals surface area contributed by atoms with E-state index < -0.39 is 15.9 Å². The van der Waals surface area contributed by atoms with Gasteiger partial charge in [-0.2, -0.15) is 0 Å². The van der Waals surface area contributed by atoms with Gasteiger partial charge in [0.15, 0.2) is 6.61 Å². The van der Waals surface area contributed by atoms with Gasteiger partial charge in [-0.05, 0) is 37.1 Å². The fourth-order valence-corrected chi connectivity index (χ4v) is 5.39. The predicted octanol–water partition coefficient (Wildman–Crippen LogP) is 3.84. The second kappa shape index (κ2) is 8.58. The molecular formula is C21H21NO4S2. The Balaban J connectivity index is 1.66. The second-order valence-electron chi connectivity index (χ2n) is 6.36. The van der Waals surface area contributed by atoms with Gasteiger partial charge in [0.1, 0.15) is 10.6 Å². The number of carbonyl (C=O) groups excluding carboxylic acids is 1. The van der Waals surface area contributed by atoms with Gasteiger partial charge < -0.3 is 4.74 Å². The number of hydrogen-bond donors (Lipinski definition) is 1. The number of hydrogen-bond acceptors (Lipinski definition) is 5. The van der Waals surface area contributed by atoms with Crippen LogP contribution in [0.15, 0.2) is 65.6 Å². The van der Waals surface area contributed by atoms with Crippen LogP contribution in [-0.2, 0) is 21.2 Å². The minimum Gasteiger partial charge on any atom is -0.483 e. The molecule has 146 valence electrons. The number of aryl methyl sites for hydroxylation is 2. The van der Waals surface area contributed by atoms with Gasteiger partial charge in [0, 0.05) is 16.2 Å². The Morgan fingerprint density at radius 2 is 1.71 bits per heavy atom. The van der Waals surface area contributed by atoms with Crippen LogP contribution in [-0.4, -0.2) is 20.9 Å². The maximum absolute atomic E-state index is 12.4. The molecule has 28 heavy (non-hydrogen) atoms. The first kappa shape index (κ1) is 20.1. The van der Waals surface area contributed by atoms with Crippen LogP contribution in [0.4, 0.5) is 0 Å². The summed E-state index contributed by atoms with van der Waals surface area (Å²) in [6, 6.07) is 18.9. The molecule has 7 heteroatoms. The number of thiophene rings is 1. The molecule has 0 aliphatic carbocycles. The Bertz CT molecular complexity index is 1070. The van der Waals surface area contributed by atoms with Gasteiger partial charge in [0.05, 0.1) is 0 Å². The smallest absolute Gasteiger partial charge is 0.271 e. The average molecular weight is 416 g/mol. The van der Waals surface area contributed by atoms with Gasteiger partial charge in [0.2, 0.25) is 0 Å². The summed E-state index contributed by atoms with van der Waals surface area (Å²) in [7, 11) is -3.90. The molecule has 2 aromatic carbocycles. The summed E-state index contributed by atoms with van der Waals surface area (Å²) in [4.78, 5) is 13.8. The molecule has 1 heterocycles. The first-order chi connectivity index (χ1) is 13.3. The summed E-state index contributed by atoms with van der Waals surface area (Å²) < 4.78 is 32.5. The summed E-state index contributed by atoms with van der Waals surface area (Å²) in [5.41, 5.74) is 2.04. The Labute approximate surface area is 169 Å². The van der Waals surface area contributed by atoms with Crippen molar-refractivity contribution in [3.63, 3.8) is 0 Å². The lowest BCUT2D eigenvalue weighted by Gasteiger charge is -2.12. The minimum atomic E-state index is -3.90. The number of para-hydroxylation sites is 1. The third-order valence-electron chi connectivity index (χ3n) is 4.10. The zero-order valence-corrected chi connectivity index (χ0v) is 17.3. The molecule has 0 unspecified atom stereocenters. The number of benzene rings is 2. The highest BCUT2D eigenvalue weighted by Crippen LogP contribution is 2.25. The fourth-order valence-electron chi connectivity index (χ4n) is 2.86. The average Bonchev–Trinajstić information content (AvgIpc) is 3.01. The van der Waals surface area contributed by atoms with Gasteiger partial charge in [-0.3, -0.25) is 4.79 Å². The van der Waals surface area contributed by atoms with Gasteiger partial charge in [0.25, 0.3) is 15.9 Å². The van der Waals surface area contributed by atoms with Gasteiger partial charge in [-0.1, -0.05) is 48.5 Å². The lowest BCUT2D eigenvalue weighted by molar-refractivity contribution is -0.121. The molecule has 0 saturated heterocycles. The number of ether oxygens (including phenoxy) is 1. The molecule has 1 amide bonds. The Morgan fingerprint density at radius 1 is 1.04 bits per heavy atom. The van der Waals surface area contributed by atoms with E-state index in [2.05, 4.69) is 4.72 Å². The quantitative estimate of drug-likeness (QED) is 0.636. The predicted molar refractivity (Wildman–Crippen MR) is 110 cm³/mol. The number of rotatable bonds is 7. The molecule has 0 bridgehead atoms. The molecule has 0 fully saturated rings. The second-order valence-corrected chi connectivity index (χ2v) is 9.48. The van der Waals surface area contributed by atoms with Crippen molar-refractivity contribution in [2.24, 2.45) is 0 Å². The fraction of sp³-hybridized carbons (Fsp3) is 0.190. The van der Waals surface area contributed by atoms with Crippen LogP contribution in [0.1, 0.15) is 20.9 Å². The number of nitrogens with one attached hydrogen (secondary N) is 1. The van der Waals surface area contributed by atoms with Crippen LogP contribution >= 0.6 is 11.3 Å². The van der Waals surface area contributed by atoms with Crippen molar-refractivity contribution in [2.45, 2.75) is 25.2 Å². The van der Waals surface area contributed by atoms with E-state index in [1.165, 1.54) is 11.3 Å². The van der Waals surface area contributed by atoms with Gasteiger partial charge >= 0.3 is 0 Å². The molecular weight excluding hydrogens is 394 g/mol. The van der Waals surface area contributed by atoms with Crippen molar-refractivity contribution in [2.75, 3.05) is 6.61 Å². The summed E-state index contributed by atoms with van der Waals surface area (Å²) in [6.07, 6.45) is 0.657. The van der Waals surface area contributed by atoms with Crippen molar-refractivity contribution >= 4 is 27.3 Å². The van der Waals surface area contributed by atoms with Crippen molar-refractivity contribution in [1.82, 2.24) is 4.72 Å². The lowest BCUT2D eigenvalue weighted by atomic mass is 10.0. The molecule has 0 radical (unpaired) electrons. The van der Waals surface area contributed by atoms with E-state index in [0.717, 1.165) is 16.0 Å². The third-order valence-corrected chi connectivity index (χ3v) is 6.70. The molecule has 0 atom stereocenters. The lowest BCUT2D eigenvalue weighted by Crippen LogP contribution is -2.34. The van der Waals surface area contributed by atoms with Crippen LogP contribution in [0.25, 0.3) is 0 Å². The first-order valence-corrected chi connectivity index (χ1v) is 11.0. The number of carbonyl (C=O) groups is 1. The van der Waals surface area contributed by atoms with Crippen molar-refractivity contribution in [1.29, 1.82) is 0 Å². The molecule has 3 aromatic rings. The standard InChI is InChI=1S/C21H21NO4S2/c1-15-12-20(16(2)27-15)28(24,25)22-21(23)14-26-19-11-7-6-10-18(19)13-17-8-4-3-5-9-17/h3-12H,13-14H2,1-2H3,(H,22,23). The number of amides is 1. The summed E-state index contributed by atoms with van der Waals surface area (Å²) in [6.45, 7) is 3.16. The molecule has 0 saturated carbocycles. The van der Waals surface area contributed by atoms with Crippen LogP contribution in [0.5, 0.6) is 5.75 Å². The maximum Gasteiger partial charge on any atom is 0.271 e. The minimum absolute atomic E-state index is 0.132. The zero-order valence-electron chi connectivity index (χ0n) is 15.6. The zero-order chi connectivity index (χ0) is 20.1. The van der Waals surface area contributed by atoms with Crippen LogP contribution in [0.2, 0.25) is 0 Å². The molecule has 1 aromatic heterocycles. The van der Waals surface area contributed by atoms with E-state index in [9.17, 15) is 13.2 Å². The first-order valence-electron chi connectivity index (χ1n) is 8.72. The molecule has 3 rings (SSSR count). The topological polar surface area (TPSA) is 72.5 Å². The summed E-state index contributed by atoms with van der Waals surface area (Å²) in [5, 5.41) is 0. The van der Waals surface area contributed by atoms with E-state index in [-0.39, 0.29) is 11.5 Å². The monoisotopic (exact) mass is 415 g/mol. The molecule has 0 aliphatic rings. The SMILES string of the molecule is Cc1cc(S(=O)(=O)NC(=O)COc2ccccc2Cc2ccccc2)c(C)s1. The molecule has 5 nitrogen and oxygen atoms in total. The van der Waals surface area contributed by atoms with Crippen LogP contribution in [0.3, 0.4) is 0 Å². The van der Waals surface area contributed by atoms with Crippen molar-refractivity contribution in [3.05, 3.63) is 81.5 Å². The van der Waals surface area contributed by atoms with E-state index in [0.29, 0.717) is 17.0 Å². The molecule has 0 spiro atoms. The Kier molecular flexibility index (Phi) is 6.16. The van der Waals surface area contributed by atoms with Crippen molar-refractivity contribution in [3.8, 4) is 5.75 Å². The highest BCUT2D eigenvalue weighted by molar-refractivity contribution is 7.90. The van der Waals surface area contributed by atoms with Crippen LogP contribution in [0, 0.1) is 13.8 Å². The summed E-state index contributed by atoms with van der Waals surface area (Å²) >= 11 is 1.37. The summed E-state index contributed by atoms with van der Waals surface area (Å²) in [5.74, 6) is -0.153. The van der Waals surface area contributed by atoms with Crippen molar-refractivity contribution < 1.29 is 17.9 Å². The Morgan fingerprint density at radius 3 is 2.39 bits per heavy atom. The third kappa shape index (κ3) is 4.99. The van der Waals surface area contributed by atoms with Gasteiger partial charge in [-0.15, -0.1) is 11.3 Å². The normalized spacial score (nSPS) is 11.2. The Hall–Kier alpha value is -2.64. The van der Waals surface area contributed by atoms with E-state index in [1.807, 2.05) is 55.5 Å². The number of sulfonamides is 1. The highest BCUT2D eigenvalue weighted by Gasteiger charge is 2.22. The molecule has 1 N–H and O–H groups in total. The largest absolute Gasteiger partial charge is 0.483 e. The van der Waals surface area contributed by atoms with E-state index in [4.69, 9.17) is 4.74 Å². The van der Waals surface area contributed by atoms with E-state index >= 15 is 0 Å². The van der Waals surface area contributed by atoms with Gasteiger partial charge in [-0.25, -0.2) is 13.1 Å². The highest BCUT2D eigenvalue weighted by atomic mass is 32.2. The van der Waals surface area contributed by atoms with Crippen LogP contribution < -0.4 is 9.46 Å². The van der Waals surface area contributed by atoms with E-state index in [1.54, 1.807) is 19.1 Å². The molecule has 0 aliphatic heterocycles.